The number of hydrazine groups is 1. The molecule has 0 saturated heterocycles. The minimum Gasteiger partial charge on any atom is -0.396 e. The molecule has 3 N–H and O–H groups in total. The van der Waals surface area contributed by atoms with Crippen LogP contribution in [-0.4, -0.2) is 29.6 Å². The van der Waals surface area contributed by atoms with Gasteiger partial charge in [-0.25, -0.2) is 0 Å². The van der Waals surface area contributed by atoms with E-state index in [1.54, 1.807) is 30.3 Å². The van der Waals surface area contributed by atoms with Crippen LogP contribution in [0.2, 0.25) is 0 Å². The molecule has 2 aromatic rings. The van der Waals surface area contributed by atoms with E-state index in [2.05, 4.69) is 10.9 Å². The van der Waals surface area contributed by atoms with Crippen molar-refractivity contribution in [2.24, 2.45) is 0 Å². The molecule has 1 atom stereocenters. The fourth-order valence-electron chi connectivity index (χ4n) is 2.04. The average Bonchev–Trinajstić information content (AvgIpc) is 2.64. The molecule has 0 saturated carbocycles. The first-order chi connectivity index (χ1) is 11.7. The summed E-state index contributed by atoms with van der Waals surface area (Å²) >= 11 is 0. The van der Waals surface area contributed by atoms with Crippen molar-refractivity contribution in [1.82, 2.24) is 10.9 Å². The Hall–Kier alpha value is -2.70. The Kier molecular flexibility index (Phi) is 6.94. The number of rotatable bonds is 7. The first kappa shape index (κ1) is 17.7. The molecule has 0 bridgehead atoms. The summed E-state index contributed by atoms with van der Waals surface area (Å²) in [6.07, 6.45) is -0.717. The summed E-state index contributed by atoms with van der Waals surface area (Å²) in [7, 11) is 0. The highest BCUT2D eigenvalue weighted by molar-refractivity contribution is 5.95. The Morgan fingerprint density at radius 3 is 2.21 bits per heavy atom. The highest BCUT2D eigenvalue weighted by Crippen LogP contribution is 2.06. The lowest BCUT2D eigenvalue weighted by atomic mass is 10.2. The maximum absolute atomic E-state index is 12.1. The predicted octanol–water partition coefficient (Wildman–Crippen LogP) is 1.42. The molecule has 0 radical (unpaired) electrons. The molecule has 6 heteroatoms. The van der Waals surface area contributed by atoms with E-state index < -0.39 is 17.9 Å². The zero-order valence-corrected chi connectivity index (χ0v) is 13.1. The summed E-state index contributed by atoms with van der Waals surface area (Å²) in [5, 5.41) is 9.09. The number of benzene rings is 2. The van der Waals surface area contributed by atoms with Crippen molar-refractivity contribution < 1.29 is 19.4 Å². The first-order valence-electron chi connectivity index (χ1n) is 7.62. The Morgan fingerprint density at radius 1 is 0.958 bits per heavy atom. The topological polar surface area (TPSA) is 87.7 Å². The molecule has 24 heavy (non-hydrogen) atoms. The molecule has 0 aliphatic carbocycles. The molecule has 1 unspecified atom stereocenters. The van der Waals surface area contributed by atoms with Gasteiger partial charge < -0.3 is 9.84 Å². The van der Waals surface area contributed by atoms with E-state index in [0.29, 0.717) is 5.56 Å². The number of ether oxygens (including phenoxy) is 1. The second-order valence-electron chi connectivity index (χ2n) is 5.11. The predicted molar refractivity (Wildman–Crippen MR) is 88.8 cm³/mol. The fraction of sp³-hybridized carbons (Fsp3) is 0.222. The number of amides is 2. The van der Waals surface area contributed by atoms with E-state index in [9.17, 15) is 9.59 Å². The maximum atomic E-state index is 12.1. The molecule has 2 aromatic carbocycles. The van der Waals surface area contributed by atoms with Crippen molar-refractivity contribution in [3.05, 3.63) is 71.8 Å². The summed E-state index contributed by atoms with van der Waals surface area (Å²) in [6, 6.07) is 17.9. The van der Waals surface area contributed by atoms with Gasteiger partial charge in [-0.1, -0.05) is 48.5 Å². The van der Waals surface area contributed by atoms with Gasteiger partial charge in [0.15, 0.2) is 0 Å². The van der Waals surface area contributed by atoms with Crippen LogP contribution in [0.15, 0.2) is 60.7 Å². The molecule has 2 amide bonds. The second kappa shape index (κ2) is 9.44. The summed E-state index contributed by atoms with van der Waals surface area (Å²) in [5.41, 5.74) is 6.01. The van der Waals surface area contributed by atoms with Crippen LogP contribution in [0.1, 0.15) is 22.3 Å². The van der Waals surface area contributed by atoms with Gasteiger partial charge in [0.05, 0.1) is 6.61 Å². The quantitative estimate of drug-likeness (QED) is 0.671. The van der Waals surface area contributed by atoms with Crippen LogP contribution in [0, 0.1) is 0 Å². The van der Waals surface area contributed by atoms with Crippen molar-refractivity contribution in [2.45, 2.75) is 19.1 Å². The fourth-order valence-corrected chi connectivity index (χ4v) is 2.04. The SMILES string of the molecule is O=C(NNC(=O)C(CCO)OCc1ccccc1)c1ccccc1. The van der Waals surface area contributed by atoms with E-state index in [-0.39, 0.29) is 19.6 Å². The third-order valence-corrected chi connectivity index (χ3v) is 3.31. The molecule has 2 rings (SSSR count). The zero-order valence-electron chi connectivity index (χ0n) is 13.1. The molecular weight excluding hydrogens is 308 g/mol. The van der Waals surface area contributed by atoms with E-state index >= 15 is 0 Å². The average molecular weight is 328 g/mol. The van der Waals surface area contributed by atoms with Gasteiger partial charge in [0, 0.05) is 18.6 Å². The number of aliphatic hydroxyl groups excluding tert-OH is 1. The van der Waals surface area contributed by atoms with Crippen LogP contribution >= 0.6 is 0 Å². The third kappa shape index (κ3) is 5.49. The summed E-state index contributed by atoms with van der Waals surface area (Å²) < 4.78 is 5.55. The molecule has 6 nitrogen and oxygen atoms in total. The van der Waals surface area contributed by atoms with E-state index in [4.69, 9.17) is 9.84 Å². The smallest absolute Gasteiger partial charge is 0.269 e. The lowest BCUT2D eigenvalue weighted by Crippen LogP contribution is -2.47. The van der Waals surface area contributed by atoms with Gasteiger partial charge in [-0.3, -0.25) is 20.4 Å². The van der Waals surface area contributed by atoms with Crippen molar-refractivity contribution in [1.29, 1.82) is 0 Å². The third-order valence-electron chi connectivity index (χ3n) is 3.31. The lowest BCUT2D eigenvalue weighted by Gasteiger charge is -2.17. The molecule has 0 aromatic heterocycles. The number of hydrogen-bond donors (Lipinski definition) is 3. The van der Waals surface area contributed by atoms with Crippen LogP contribution in [-0.2, 0) is 16.1 Å². The normalized spacial score (nSPS) is 11.5. The van der Waals surface area contributed by atoms with E-state index in [0.717, 1.165) is 5.56 Å². The van der Waals surface area contributed by atoms with Gasteiger partial charge >= 0.3 is 0 Å². The largest absolute Gasteiger partial charge is 0.396 e. The highest BCUT2D eigenvalue weighted by Gasteiger charge is 2.19. The van der Waals surface area contributed by atoms with E-state index in [1.807, 2.05) is 30.3 Å². The second-order valence-corrected chi connectivity index (χ2v) is 5.11. The molecular formula is C18H20N2O4. The number of carbonyl (C=O) groups is 2. The molecule has 0 spiro atoms. The number of aliphatic hydroxyl groups is 1. The Balaban J connectivity index is 1.85. The number of nitrogens with one attached hydrogen (secondary N) is 2. The lowest BCUT2D eigenvalue weighted by molar-refractivity contribution is -0.135. The van der Waals surface area contributed by atoms with Gasteiger partial charge in [0.1, 0.15) is 6.10 Å². The first-order valence-corrected chi connectivity index (χ1v) is 7.62. The Morgan fingerprint density at radius 2 is 1.58 bits per heavy atom. The van der Waals surface area contributed by atoms with Crippen LogP contribution in [0.4, 0.5) is 0 Å². The monoisotopic (exact) mass is 328 g/mol. The van der Waals surface area contributed by atoms with Crippen molar-refractivity contribution in [3.8, 4) is 0 Å². The minimum absolute atomic E-state index is 0.139. The molecule has 0 aliphatic rings. The van der Waals surface area contributed by atoms with Crippen LogP contribution in [0.25, 0.3) is 0 Å². The molecule has 0 fully saturated rings. The zero-order chi connectivity index (χ0) is 17.2. The highest BCUT2D eigenvalue weighted by atomic mass is 16.5. The van der Waals surface area contributed by atoms with Gasteiger partial charge in [0.25, 0.3) is 11.8 Å². The minimum atomic E-state index is -0.855. The van der Waals surface area contributed by atoms with Crippen molar-refractivity contribution >= 4 is 11.8 Å². The summed E-state index contributed by atoms with van der Waals surface area (Å²) in [6.45, 7) is 0.0467. The standard InChI is InChI=1S/C18H20N2O4/c21-12-11-16(24-13-14-7-3-1-4-8-14)18(23)20-19-17(22)15-9-5-2-6-10-15/h1-10,16,21H,11-13H2,(H,19,22)(H,20,23). The van der Waals surface area contributed by atoms with Gasteiger partial charge in [-0.05, 0) is 17.7 Å². The van der Waals surface area contributed by atoms with Gasteiger partial charge in [-0.15, -0.1) is 0 Å². The molecule has 126 valence electrons. The maximum Gasteiger partial charge on any atom is 0.269 e. The van der Waals surface area contributed by atoms with Gasteiger partial charge in [-0.2, -0.15) is 0 Å². The Bertz CT molecular complexity index is 647. The van der Waals surface area contributed by atoms with E-state index in [1.165, 1.54) is 0 Å². The van der Waals surface area contributed by atoms with Crippen LogP contribution < -0.4 is 10.9 Å². The van der Waals surface area contributed by atoms with Gasteiger partial charge in [0.2, 0.25) is 0 Å². The van der Waals surface area contributed by atoms with Crippen molar-refractivity contribution in [3.63, 3.8) is 0 Å². The van der Waals surface area contributed by atoms with Crippen molar-refractivity contribution in [2.75, 3.05) is 6.61 Å². The van der Waals surface area contributed by atoms with Crippen LogP contribution in [0.5, 0.6) is 0 Å². The Labute approximate surface area is 140 Å². The number of hydrogen-bond acceptors (Lipinski definition) is 4. The summed E-state index contributed by atoms with van der Waals surface area (Å²) in [5.74, 6) is -0.931. The number of carbonyl (C=O) groups excluding carboxylic acids is 2. The molecule has 0 aliphatic heterocycles. The van der Waals surface area contributed by atoms with Crippen LogP contribution in [0.3, 0.4) is 0 Å². The molecule has 0 heterocycles. The summed E-state index contributed by atoms with van der Waals surface area (Å²) in [4.78, 5) is 24.0.